The molecule has 0 aliphatic carbocycles. The van der Waals surface area contributed by atoms with Gasteiger partial charge in [-0.15, -0.1) is 0 Å². The van der Waals surface area contributed by atoms with Crippen molar-refractivity contribution in [2.24, 2.45) is 5.92 Å². The van der Waals surface area contributed by atoms with Crippen LogP contribution in [0.3, 0.4) is 0 Å². The van der Waals surface area contributed by atoms with Gasteiger partial charge in [0.05, 0.1) is 12.0 Å². The smallest absolute Gasteiger partial charge is 0.123 e. The molecule has 0 amide bonds. The van der Waals surface area contributed by atoms with Crippen LogP contribution in [0.25, 0.3) is 0 Å². The lowest BCUT2D eigenvalue weighted by molar-refractivity contribution is 0.603. The van der Waals surface area contributed by atoms with Gasteiger partial charge in [0.1, 0.15) is 5.82 Å². The van der Waals surface area contributed by atoms with Gasteiger partial charge in [0, 0.05) is 12.6 Å². The van der Waals surface area contributed by atoms with E-state index in [0.717, 1.165) is 12.0 Å². The van der Waals surface area contributed by atoms with E-state index in [0.29, 0.717) is 6.54 Å². The van der Waals surface area contributed by atoms with Crippen LogP contribution in [-0.4, -0.2) is 6.54 Å². The first kappa shape index (κ1) is 9.17. The van der Waals surface area contributed by atoms with Gasteiger partial charge in [0.2, 0.25) is 0 Å². The molecule has 0 radical (unpaired) electrons. The highest BCUT2D eigenvalue weighted by Gasteiger charge is 2.24. The predicted molar refractivity (Wildman–Crippen MR) is 50.9 cm³/mol. The van der Waals surface area contributed by atoms with E-state index in [1.54, 1.807) is 6.07 Å². The summed E-state index contributed by atoms with van der Waals surface area (Å²) < 4.78 is 12.9. The Morgan fingerprint density at radius 2 is 2.36 bits per heavy atom. The Morgan fingerprint density at radius 1 is 1.50 bits per heavy atom. The molecule has 0 spiro atoms. The van der Waals surface area contributed by atoms with Gasteiger partial charge < -0.3 is 5.32 Å². The molecule has 1 aliphatic heterocycles. The molecule has 2 nitrogen and oxygen atoms in total. The first-order valence-electron chi connectivity index (χ1n) is 4.68. The third-order valence-corrected chi connectivity index (χ3v) is 2.56. The van der Waals surface area contributed by atoms with Crippen LogP contribution in [-0.2, 0) is 0 Å². The zero-order valence-electron chi connectivity index (χ0n) is 7.70. The monoisotopic (exact) mass is 190 g/mol. The van der Waals surface area contributed by atoms with Gasteiger partial charge in [-0.1, -0.05) is 12.1 Å². The maximum absolute atomic E-state index is 12.9. The summed E-state index contributed by atoms with van der Waals surface area (Å²) in [6, 6.07) is 8.90. The van der Waals surface area contributed by atoms with Crippen molar-refractivity contribution in [3.05, 3.63) is 35.6 Å². The van der Waals surface area contributed by atoms with E-state index in [4.69, 9.17) is 5.26 Å². The van der Waals surface area contributed by atoms with Gasteiger partial charge in [-0.2, -0.15) is 5.26 Å². The highest BCUT2D eigenvalue weighted by Crippen LogP contribution is 2.26. The Bertz CT molecular complexity index is 370. The number of nitrogens with one attached hydrogen (secondary N) is 1. The number of rotatable bonds is 1. The van der Waals surface area contributed by atoms with Crippen molar-refractivity contribution in [3.8, 4) is 6.07 Å². The summed E-state index contributed by atoms with van der Waals surface area (Å²) >= 11 is 0. The number of hydrogen-bond donors (Lipinski definition) is 1. The van der Waals surface area contributed by atoms with Gasteiger partial charge in [0.15, 0.2) is 0 Å². The first-order valence-corrected chi connectivity index (χ1v) is 4.68. The van der Waals surface area contributed by atoms with Crippen LogP contribution in [0, 0.1) is 23.1 Å². The van der Waals surface area contributed by atoms with E-state index < -0.39 is 0 Å². The van der Waals surface area contributed by atoms with E-state index >= 15 is 0 Å². The van der Waals surface area contributed by atoms with Crippen LogP contribution in [0.1, 0.15) is 18.0 Å². The van der Waals surface area contributed by atoms with Crippen LogP contribution in [0.15, 0.2) is 24.3 Å². The lowest BCUT2D eigenvalue weighted by Gasteiger charge is -2.09. The standard InChI is InChI=1S/C11H11FN2/c12-10-3-1-2-9(5-10)11-4-8(6-13)7-14-11/h1-3,5,8,11,14H,4,7H2/t8-,11?/m1/s1. The molecule has 0 aromatic heterocycles. The van der Waals surface area contributed by atoms with Crippen molar-refractivity contribution in [2.75, 3.05) is 6.54 Å². The fraction of sp³-hybridized carbons (Fsp3) is 0.364. The quantitative estimate of drug-likeness (QED) is 0.735. The van der Waals surface area contributed by atoms with Crippen molar-refractivity contribution < 1.29 is 4.39 Å². The molecule has 1 unspecified atom stereocenters. The minimum Gasteiger partial charge on any atom is -0.309 e. The van der Waals surface area contributed by atoms with Gasteiger partial charge >= 0.3 is 0 Å². The molecular weight excluding hydrogens is 179 g/mol. The maximum Gasteiger partial charge on any atom is 0.123 e. The average Bonchev–Trinajstić information content (AvgIpc) is 2.66. The van der Waals surface area contributed by atoms with Gasteiger partial charge in [-0.05, 0) is 24.1 Å². The van der Waals surface area contributed by atoms with Crippen molar-refractivity contribution in [1.82, 2.24) is 5.32 Å². The second kappa shape index (κ2) is 3.77. The molecule has 14 heavy (non-hydrogen) atoms. The lowest BCUT2D eigenvalue weighted by Crippen LogP contribution is -2.13. The zero-order valence-corrected chi connectivity index (χ0v) is 7.70. The molecule has 72 valence electrons. The number of hydrogen-bond acceptors (Lipinski definition) is 2. The van der Waals surface area contributed by atoms with Crippen molar-refractivity contribution in [2.45, 2.75) is 12.5 Å². The largest absolute Gasteiger partial charge is 0.309 e. The van der Waals surface area contributed by atoms with Crippen LogP contribution in [0.4, 0.5) is 4.39 Å². The molecule has 1 aromatic carbocycles. The third-order valence-electron chi connectivity index (χ3n) is 2.56. The SMILES string of the molecule is N#C[C@@H]1CNC(c2cccc(F)c2)C1. The summed E-state index contributed by atoms with van der Waals surface area (Å²) in [5, 5.41) is 11.9. The summed E-state index contributed by atoms with van der Waals surface area (Å²) in [6.45, 7) is 0.706. The Hall–Kier alpha value is -1.40. The lowest BCUT2D eigenvalue weighted by atomic mass is 10.0. The number of halogens is 1. The highest BCUT2D eigenvalue weighted by molar-refractivity contribution is 5.21. The molecule has 1 fully saturated rings. The summed E-state index contributed by atoms with van der Waals surface area (Å²) in [7, 11) is 0. The number of nitrogens with zero attached hydrogens (tertiary/aromatic N) is 1. The van der Waals surface area contributed by atoms with E-state index in [1.807, 2.05) is 6.07 Å². The van der Waals surface area contributed by atoms with Crippen molar-refractivity contribution >= 4 is 0 Å². The molecule has 3 heteroatoms. The molecule has 1 aromatic rings. The Kier molecular flexibility index (Phi) is 2.47. The van der Waals surface area contributed by atoms with Crippen molar-refractivity contribution in [1.29, 1.82) is 5.26 Å². The molecule has 2 atom stereocenters. The molecule has 0 saturated carbocycles. The topological polar surface area (TPSA) is 35.8 Å². The van der Waals surface area contributed by atoms with E-state index in [2.05, 4.69) is 11.4 Å². The molecule has 1 aliphatic rings. The van der Waals surface area contributed by atoms with Crippen LogP contribution >= 0.6 is 0 Å². The van der Waals surface area contributed by atoms with E-state index in [9.17, 15) is 4.39 Å². The predicted octanol–water partition coefficient (Wildman–Crippen LogP) is 2.00. The second-order valence-corrected chi connectivity index (χ2v) is 3.58. The average molecular weight is 190 g/mol. The van der Waals surface area contributed by atoms with Crippen LogP contribution in [0.2, 0.25) is 0 Å². The summed E-state index contributed by atoms with van der Waals surface area (Å²) in [6.07, 6.45) is 0.778. The molecule has 1 saturated heterocycles. The minimum atomic E-state index is -0.218. The normalized spacial score (nSPS) is 26.0. The van der Waals surface area contributed by atoms with Crippen molar-refractivity contribution in [3.63, 3.8) is 0 Å². The zero-order chi connectivity index (χ0) is 9.97. The maximum atomic E-state index is 12.9. The number of benzene rings is 1. The molecule has 2 rings (SSSR count). The number of nitriles is 1. The fourth-order valence-corrected chi connectivity index (χ4v) is 1.81. The Balaban J connectivity index is 2.14. The Morgan fingerprint density at radius 3 is 3.00 bits per heavy atom. The van der Waals surface area contributed by atoms with E-state index in [-0.39, 0.29) is 17.8 Å². The fourth-order valence-electron chi connectivity index (χ4n) is 1.81. The first-order chi connectivity index (χ1) is 6.79. The molecular formula is C11H11FN2. The van der Waals surface area contributed by atoms with Crippen LogP contribution in [0.5, 0.6) is 0 Å². The Labute approximate surface area is 82.4 Å². The molecule has 1 heterocycles. The second-order valence-electron chi connectivity index (χ2n) is 3.58. The van der Waals surface area contributed by atoms with Gasteiger partial charge in [-0.25, -0.2) is 4.39 Å². The molecule has 1 N–H and O–H groups in total. The van der Waals surface area contributed by atoms with E-state index in [1.165, 1.54) is 12.1 Å². The summed E-state index contributed by atoms with van der Waals surface area (Å²) in [5.74, 6) is -0.159. The highest BCUT2D eigenvalue weighted by atomic mass is 19.1. The summed E-state index contributed by atoms with van der Waals surface area (Å²) in [4.78, 5) is 0. The summed E-state index contributed by atoms with van der Waals surface area (Å²) in [5.41, 5.74) is 0.933. The van der Waals surface area contributed by atoms with Gasteiger partial charge in [-0.3, -0.25) is 0 Å². The minimum absolute atomic E-state index is 0.0586. The van der Waals surface area contributed by atoms with Crippen LogP contribution < -0.4 is 5.32 Å². The molecule has 0 bridgehead atoms. The third kappa shape index (κ3) is 1.75. The van der Waals surface area contributed by atoms with Gasteiger partial charge in [0.25, 0.3) is 0 Å².